The smallest absolute Gasteiger partial charge is 0.300 e. The molecular weight excluding hydrogens is 346 g/mol. The first kappa shape index (κ1) is 17.3. The first-order valence-corrected chi connectivity index (χ1v) is 8.94. The van der Waals surface area contributed by atoms with Crippen LogP contribution in [-0.4, -0.2) is 59.2 Å². The van der Waals surface area contributed by atoms with Crippen molar-refractivity contribution in [2.24, 2.45) is 10.1 Å². The quantitative estimate of drug-likeness (QED) is 0.636. The third kappa shape index (κ3) is 3.56. The van der Waals surface area contributed by atoms with Gasteiger partial charge in [0.1, 0.15) is 5.82 Å². The average Bonchev–Trinajstić information content (AvgIpc) is 2.99. The SMILES string of the molecule is CC=Cn1[nH]c2c(c1=O)=NNC(Nc1ccc(N3CCN(C)CC3)cn1)N=2. The number of anilines is 2. The van der Waals surface area contributed by atoms with Crippen LogP contribution in [-0.2, 0) is 0 Å². The van der Waals surface area contributed by atoms with Crippen molar-refractivity contribution >= 4 is 17.7 Å². The van der Waals surface area contributed by atoms with E-state index in [2.05, 4.69) is 53.8 Å². The summed E-state index contributed by atoms with van der Waals surface area (Å²) in [6, 6.07) is 3.98. The molecule has 0 aliphatic carbocycles. The number of hydrogen-bond acceptors (Lipinski definition) is 8. The summed E-state index contributed by atoms with van der Waals surface area (Å²) >= 11 is 0. The van der Waals surface area contributed by atoms with Crippen molar-refractivity contribution in [3.8, 4) is 0 Å². The molecular formula is C17H23N9O. The van der Waals surface area contributed by atoms with Crippen LogP contribution in [0.15, 0.2) is 39.3 Å². The molecule has 2 aliphatic rings. The number of aromatic amines is 1. The van der Waals surface area contributed by atoms with Gasteiger partial charge in [0, 0.05) is 32.4 Å². The maximum Gasteiger partial charge on any atom is 0.300 e. The number of likely N-dealkylation sites (N-methyl/N-ethyl adjacent to an activating group) is 1. The van der Waals surface area contributed by atoms with Crippen LogP contribution in [0.4, 0.5) is 11.5 Å². The fourth-order valence-electron chi connectivity index (χ4n) is 3.09. The van der Waals surface area contributed by atoms with Gasteiger partial charge in [0.25, 0.3) is 0 Å². The Bertz CT molecular complexity index is 997. The molecule has 0 bridgehead atoms. The zero-order chi connectivity index (χ0) is 18.8. The summed E-state index contributed by atoms with van der Waals surface area (Å²) in [5.41, 5.74) is 4.14. The Kier molecular flexibility index (Phi) is 4.63. The van der Waals surface area contributed by atoms with E-state index in [4.69, 9.17) is 0 Å². The molecule has 27 heavy (non-hydrogen) atoms. The normalized spacial score (nSPS) is 19.9. The third-order valence-electron chi connectivity index (χ3n) is 4.63. The first-order chi connectivity index (χ1) is 13.1. The standard InChI is InChI=1S/C17H23N9O/c1-3-6-26-16(27)14-15(23-26)20-17(22-21-14)19-13-5-4-12(11-18-13)25-9-7-24(2)8-10-25/h3-6,11,17,22H,7-10H2,1-2H3,(H,18,19)(H,20,23). The summed E-state index contributed by atoms with van der Waals surface area (Å²) in [5, 5.41) is 10.5. The number of nitrogens with zero attached hydrogens (tertiary/aromatic N) is 6. The molecule has 0 aromatic carbocycles. The minimum atomic E-state index is -0.503. The summed E-state index contributed by atoms with van der Waals surface area (Å²) in [4.78, 5) is 25.7. The minimum Gasteiger partial charge on any atom is -0.368 e. The minimum absolute atomic E-state index is 0.243. The van der Waals surface area contributed by atoms with Crippen LogP contribution in [0.1, 0.15) is 6.92 Å². The van der Waals surface area contributed by atoms with Crippen LogP contribution in [0.2, 0.25) is 0 Å². The molecule has 1 saturated heterocycles. The molecule has 0 saturated carbocycles. The number of rotatable bonds is 4. The predicted octanol–water partition coefficient (Wildman–Crippen LogP) is -1.03. The van der Waals surface area contributed by atoms with Gasteiger partial charge in [-0.2, -0.15) is 5.10 Å². The van der Waals surface area contributed by atoms with Crippen molar-refractivity contribution < 1.29 is 0 Å². The molecule has 10 heteroatoms. The monoisotopic (exact) mass is 369 g/mol. The zero-order valence-electron chi connectivity index (χ0n) is 15.4. The Morgan fingerprint density at radius 3 is 2.78 bits per heavy atom. The molecule has 0 spiro atoms. The number of fused-ring (bicyclic) bond motifs is 1. The first-order valence-electron chi connectivity index (χ1n) is 8.94. The molecule has 2 aromatic rings. The summed E-state index contributed by atoms with van der Waals surface area (Å²) in [5.74, 6) is 0.683. The van der Waals surface area contributed by atoms with Crippen LogP contribution in [0.5, 0.6) is 0 Å². The van der Waals surface area contributed by atoms with Crippen LogP contribution < -0.4 is 32.0 Å². The Balaban J connectivity index is 1.47. The van der Waals surface area contributed by atoms with Gasteiger partial charge in [-0.05, 0) is 26.1 Å². The van der Waals surface area contributed by atoms with Gasteiger partial charge < -0.3 is 15.1 Å². The molecule has 4 rings (SSSR count). The van der Waals surface area contributed by atoms with Crippen molar-refractivity contribution in [2.45, 2.75) is 13.2 Å². The summed E-state index contributed by atoms with van der Waals surface area (Å²) in [6.07, 6.45) is 4.76. The van der Waals surface area contributed by atoms with Gasteiger partial charge in [-0.25, -0.2) is 14.7 Å². The van der Waals surface area contributed by atoms with Crippen molar-refractivity contribution in [3.05, 3.63) is 45.6 Å². The van der Waals surface area contributed by atoms with Crippen LogP contribution >= 0.6 is 0 Å². The Labute approximate surface area is 155 Å². The summed E-state index contributed by atoms with van der Waals surface area (Å²) in [7, 11) is 2.14. The lowest BCUT2D eigenvalue weighted by atomic mass is 10.3. The van der Waals surface area contributed by atoms with E-state index in [1.165, 1.54) is 4.68 Å². The Hall–Kier alpha value is -3.14. The van der Waals surface area contributed by atoms with E-state index in [0.717, 1.165) is 31.9 Å². The predicted molar refractivity (Wildman–Crippen MR) is 103 cm³/mol. The topological polar surface area (TPSA) is 106 Å². The van der Waals surface area contributed by atoms with E-state index in [1.807, 2.05) is 19.2 Å². The van der Waals surface area contributed by atoms with Crippen LogP contribution in [0.25, 0.3) is 6.20 Å². The van der Waals surface area contributed by atoms with Gasteiger partial charge >= 0.3 is 5.56 Å². The fourth-order valence-corrected chi connectivity index (χ4v) is 3.09. The average molecular weight is 369 g/mol. The van der Waals surface area contributed by atoms with Crippen molar-refractivity contribution in [1.29, 1.82) is 0 Å². The van der Waals surface area contributed by atoms with Crippen LogP contribution in [0.3, 0.4) is 0 Å². The molecule has 3 N–H and O–H groups in total. The number of hydrogen-bond donors (Lipinski definition) is 3. The third-order valence-corrected chi connectivity index (χ3v) is 4.63. The van der Waals surface area contributed by atoms with Gasteiger partial charge in [0.15, 0.2) is 10.8 Å². The summed E-state index contributed by atoms with van der Waals surface area (Å²) in [6.45, 7) is 5.95. The van der Waals surface area contributed by atoms with E-state index in [9.17, 15) is 4.79 Å². The van der Waals surface area contributed by atoms with E-state index < -0.39 is 6.29 Å². The molecule has 1 unspecified atom stereocenters. The number of allylic oxidation sites excluding steroid dienone is 1. The summed E-state index contributed by atoms with van der Waals surface area (Å²) < 4.78 is 1.35. The number of piperazine rings is 1. The molecule has 4 heterocycles. The molecule has 1 atom stereocenters. The van der Waals surface area contributed by atoms with Gasteiger partial charge in [0.05, 0.1) is 11.9 Å². The molecule has 10 nitrogen and oxygen atoms in total. The maximum atomic E-state index is 12.1. The van der Waals surface area contributed by atoms with Gasteiger partial charge in [-0.15, -0.1) is 0 Å². The highest BCUT2D eigenvalue weighted by Crippen LogP contribution is 2.17. The number of pyridine rings is 1. The molecule has 2 aromatic heterocycles. The molecule has 1 fully saturated rings. The highest BCUT2D eigenvalue weighted by Gasteiger charge is 2.16. The lowest BCUT2D eigenvalue weighted by molar-refractivity contribution is 0.313. The van der Waals surface area contributed by atoms with E-state index in [0.29, 0.717) is 11.3 Å². The van der Waals surface area contributed by atoms with Crippen molar-refractivity contribution in [2.75, 3.05) is 43.4 Å². The second kappa shape index (κ2) is 7.23. The number of nitrogens with one attached hydrogen (secondary N) is 3. The lowest BCUT2D eigenvalue weighted by Crippen LogP contribution is -2.47. The second-order valence-corrected chi connectivity index (χ2v) is 6.58. The zero-order valence-corrected chi connectivity index (χ0v) is 15.4. The number of H-pyrrole nitrogens is 1. The largest absolute Gasteiger partial charge is 0.368 e. The maximum absolute atomic E-state index is 12.1. The van der Waals surface area contributed by atoms with Crippen molar-refractivity contribution in [1.82, 2.24) is 25.1 Å². The number of aromatic nitrogens is 3. The van der Waals surface area contributed by atoms with Gasteiger partial charge in [-0.3, -0.25) is 15.3 Å². The Morgan fingerprint density at radius 2 is 2.07 bits per heavy atom. The highest BCUT2D eigenvalue weighted by atomic mass is 16.1. The lowest BCUT2D eigenvalue weighted by Gasteiger charge is -2.33. The van der Waals surface area contributed by atoms with Crippen molar-refractivity contribution in [3.63, 3.8) is 0 Å². The molecule has 0 amide bonds. The second-order valence-electron chi connectivity index (χ2n) is 6.58. The molecule has 0 radical (unpaired) electrons. The van der Waals surface area contributed by atoms with Gasteiger partial charge in [0.2, 0.25) is 6.29 Å². The molecule has 142 valence electrons. The van der Waals surface area contributed by atoms with Crippen LogP contribution in [0, 0.1) is 0 Å². The Morgan fingerprint density at radius 1 is 1.26 bits per heavy atom. The molecule has 2 aliphatic heterocycles. The van der Waals surface area contributed by atoms with E-state index >= 15 is 0 Å². The fraction of sp³-hybridized carbons (Fsp3) is 0.412. The van der Waals surface area contributed by atoms with Gasteiger partial charge in [-0.1, -0.05) is 6.08 Å². The van der Waals surface area contributed by atoms with E-state index in [-0.39, 0.29) is 10.9 Å². The highest BCUT2D eigenvalue weighted by molar-refractivity contribution is 5.50. The van der Waals surface area contributed by atoms with E-state index in [1.54, 1.807) is 12.3 Å².